The van der Waals surface area contributed by atoms with Gasteiger partial charge in [0.1, 0.15) is 5.75 Å². The molecule has 0 fully saturated rings. The van der Waals surface area contributed by atoms with Crippen LogP contribution in [0, 0.1) is 11.6 Å². The molecule has 0 aliphatic rings. The Morgan fingerprint density at radius 3 is 2.79 bits per heavy atom. The van der Waals surface area contributed by atoms with E-state index in [9.17, 15) is 8.78 Å². The van der Waals surface area contributed by atoms with Crippen molar-refractivity contribution in [3.05, 3.63) is 59.4 Å². The Labute approximate surface area is 110 Å². The Bertz CT molecular complexity index is 575. The van der Waals surface area contributed by atoms with Crippen molar-refractivity contribution in [1.82, 2.24) is 4.98 Å². The molecule has 1 aromatic carbocycles. The lowest BCUT2D eigenvalue weighted by atomic mass is 10.0. The van der Waals surface area contributed by atoms with Gasteiger partial charge in [-0.15, -0.1) is 0 Å². The number of halogens is 2. The number of hydrogen-bond acceptors (Lipinski definition) is 3. The van der Waals surface area contributed by atoms with Gasteiger partial charge in [-0.3, -0.25) is 4.98 Å². The topological polar surface area (TPSA) is 48.1 Å². The Morgan fingerprint density at radius 2 is 2.05 bits per heavy atom. The fourth-order valence-corrected chi connectivity index (χ4v) is 1.89. The lowest BCUT2D eigenvalue weighted by Crippen LogP contribution is -2.17. The summed E-state index contributed by atoms with van der Waals surface area (Å²) < 4.78 is 31.8. The summed E-state index contributed by atoms with van der Waals surface area (Å²) in [5.74, 6) is -1.21. The van der Waals surface area contributed by atoms with Gasteiger partial charge >= 0.3 is 0 Å². The third kappa shape index (κ3) is 2.88. The summed E-state index contributed by atoms with van der Waals surface area (Å²) >= 11 is 0. The third-order valence-corrected chi connectivity index (χ3v) is 2.84. The SMILES string of the molecule is COc1cccnc1C(N)Cc1cccc(F)c1F. The molecule has 100 valence electrons. The van der Waals surface area contributed by atoms with Crippen LogP contribution in [0.3, 0.4) is 0 Å². The van der Waals surface area contributed by atoms with Gasteiger partial charge < -0.3 is 10.5 Å². The minimum Gasteiger partial charge on any atom is -0.495 e. The standard InChI is InChI=1S/C14H14F2N2O/c1-19-12-6-3-7-18-14(12)11(17)8-9-4-2-5-10(15)13(9)16/h2-7,11H,8,17H2,1H3. The van der Waals surface area contributed by atoms with E-state index >= 15 is 0 Å². The molecule has 0 radical (unpaired) electrons. The smallest absolute Gasteiger partial charge is 0.162 e. The molecule has 0 saturated heterocycles. The molecule has 5 heteroatoms. The van der Waals surface area contributed by atoms with Gasteiger partial charge in [0.2, 0.25) is 0 Å². The molecular formula is C14H14F2N2O. The van der Waals surface area contributed by atoms with Crippen LogP contribution in [0.4, 0.5) is 8.78 Å². The minimum atomic E-state index is -0.877. The molecule has 3 nitrogen and oxygen atoms in total. The molecule has 2 rings (SSSR count). The number of ether oxygens (including phenoxy) is 1. The van der Waals surface area contributed by atoms with Gasteiger partial charge in [-0.2, -0.15) is 0 Å². The summed E-state index contributed by atoms with van der Waals surface area (Å²) in [7, 11) is 1.51. The molecule has 1 unspecified atom stereocenters. The zero-order valence-electron chi connectivity index (χ0n) is 10.4. The second kappa shape index (κ2) is 5.75. The van der Waals surface area contributed by atoms with Gasteiger partial charge in [0.05, 0.1) is 18.8 Å². The Morgan fingerprint density at radius 1 is 1.26 bits per heavy atom. The maximum atomic E-state index is 13.6. The summed E-state index contributed by atoms with van der Waals surface area (Å²) in [5, 5.41) is 0. The predicted octanol–water partition coefficient (Wildman–Crippen LogP) is 2.61. The first-order valence-corrected chi connectivity index (χ1v) is 5.81. The van der Waals surface area contributed by atoms with E-state index in [0.717, 1.165) is 6.07 Å². The molecule has 1 aromatic heterocycles. The maximum absolute atomic E-state index is 13.6. The Hall–Kier alpha value is -2.01. The molecule has 0 aliphatic heterocycles. The quantitative estimate of drug-likeness (QED) is 0.923. The van der Waals surface area contributed by atoms with Crippen molar-refractivity contribution >= 4 is 0 Å². The number of hydrogen-bond donors (Lipinski definition) is 1. The van der Waals surface area contributed by atoms with Gasteiger partial charge in [-0.05, 0) is 30.2 Å². The van der Waals surface area contributed by atoms with Gasteiger partial charge in [0, 0.05) is 6.20 Å². The molecule has 0 saturated carbocycles. The largest absolute Gasteiger partial charge is 0.495 e. The highest BCUT2D eigenvalue weighted by molar-refractivity contribution is 5.31. The zero-order valence-corrected chi connectivity index (χ0v) is 10.4. The van der Waals surface area contributed by atoms with E-state index in [1.807, 2.05) is 0 Å². The molecule has 0 aliphatic carbocycles. The predicted molar refractivity (Wildman–Crippen MR) is 67.8 cm³/mol. The fraction of sp³-hybridized carbons (Fsp3) is 0.214. The van der Waals surface area contributed by atoms with Crippen molar-refractivity contribution < 1.29 is 13.5 Å². The third-order valence-electron chi connectivity index (χ3n) is 2.84. The van der Waals surface area contributed by atoms with Gasteiger partial charge in [-0.25, -0.2) is 8.78 Å². The number of benzene rings is 1. The lowest BCUT2D eigenvalue weighted by molar-refractivity contribution is 0.401. The molecular weight excluding hydrogens is 250 g/mol. The van der Waals surface area contributed by atoms with Crippen molar-refractivity contribution in [3.63, 3.8) is 0 Å². The molecule has 0 bridgehead atoms. The van der Waals surface area contributed by atoms with Crippen LogP contribution in [0.2, 0.25) is 0 Å². The highest BCUT2D eigenvalue weighted by Gasteiger charge is 2.17. The zero-order chi connectivity index (χ0) is 13.8. The van der Waals surface area contributed by atoms with Gasteiger partial charge in [0.15, 0.2) is 11.6 Å². The number of nitrogens with two attached hydrogens (primary N) is 1. The molecule has 1 atom stereocenters. The van der Waals surface area contributed by atoms with Crippen LogP contribution < -0.4 is 10.5 Å². The molecule has 2 N–H and O–H groups in total. The van der Waals surface area contributed by atoms with Gasteiger partial charge in [-0.1, -0.05) is 12.1 Å². The van der Waals surface area contributed by atoms with E-state index in [2.05, 4.69) is 4.98 Å². The van der Waals surface area contributed by atoms with E-state index in [1.54, 1.807) is 18.3 Å². The average Bonchev–Trinajstić information content (AvgIpc) is 2.43. The molecule has 1 heterocycles. The van der Waals surface area contributed by atoms with Crippen LogP contribution in [-0.4, -0.2) is 12.1 Å². The summed E-state index contributed by atoms with van der Waals surface area (Å²) in [6, 6.07) is 6.92. The Balaban J connectivity index is 2.26. The minimum absolute atomic E-state index is 0.150. The normalized spacial score (nSPS) is 12.2. The number of nitrogens with zero attached hydrogens (tertiary/aromatic N) is 1. The highest BCUT2D eigenvalue weighted by Crippen LogP contribution is 2.24. The second-order valence-corrected chi connectivity index (χ2v) is 4.11. The number of methoxy groups -OCH3 is 1. The van der Waals surface area contributed by atoms with E-state index in [1.165, 1.54) is 19.2 Å². The van der Waals surface area contributed by atoms with Crippen LogP contribution in [0.5, 0.6) is 5.75 Å². The van der Waals surface area contributed by atoms with Crippen LogP contribution in [0.1, 0.15) is 17.3 Å². The van der Waals surface area contributed by atoms with E-state index in [-0.39, 0.29) is 12.0 Å². The van der Waals surface area contributed by atoms with Crippen LogP contribution in [-0.2, 0) is 6.42 Å². The number of pyridine rings is 1. The second-order valence-electron chi connectivity index (χ2n) is 4.11. The molecule has 0 amide bonds. The van der Waals surface area contributed by atoms with E-state index < -0.39 is 17.7 Å². The van der Waals surface area contributed by atoms with Crippen molar-refractivity contribution in [2.75, 3.05) is 7.11 Å². The van der Waals surface area contributed by atoms with E-state index in [4.69, 9.17) is 10.5 Å². The van der Waals surface area contributed by atoms with Crippen LogP contribution >= 0.6 is 0 Å². The fourth-order valence-electron chi connectivity index (χ4n) is 1.89. The van der Waals surface area contributed by atoms with Crippen molar-refractivity contribution in [3.8, 4) is 5.75 Å². The van der Waals surface area contributed by atoms with Crippen molar-refractivity contribution in [1.29, 1.82) is 0 Å². The molecule has 2 aromatic rings. The number of rotatable bonds is 4. The summed E-state index contributed by atoms with van der Waals surface area (Å²) in [4.78, 5) is 4.13. The van der Waals surface area contributed by atoms with Crippen LogP contribution in [0.25, 0.3) is 0 Å². The van der Waals surface area contributed by atoms with Crippen molar-refractivity contribution in [2.45, 2.75) is 12.5 Å². The Kier molecular flexibility index (Phi) is 4.06. The lowest BCUT2D eigenvalue weighted by Gasteiger charge is -2.14. The summed E-state index contributed by atoms with van der Waals surface area (Å²) in [6.45, 7) is 0. The first-order valence-electron chi connectivity index (χ1n) is 5.81. The van der Waals surface area contributed by atoms with Crippen LogP contribution in [0.15, 0.2) is 36.5 Å². The first-order chi connectivity index (χ1) is 9.13. The monoisotopic (exact) mass is 264 g/mol. The maximum Gasteiger partial charge on any atom is 0.162 e. The summed E-state index contributed by atoms with van der Waals surface area (Å²) in [5.41, 5.74) is 6.74. The summed E-state index contributed by atoms with van der Waals surface area (Å²) in [6.07, 6.45) is 1.73. The first kappa shape index (κ1) is 13.4. The van der Waals surface area contributed by atoms with E-state index in [0.29, 0.717) is 11.4 Å². The molecule has 0 spiro atoms. The number of aromatic nitrogens is 1. The van der Waals surface area contributed by atoms with Crippen molar-refractivity contribution in [2.24, 2.45) is 5.73 Å². The molecule has 19 heavy (non-hydrogen) atoms. The average molecular weight is 264 g/mol. The highest BCUT2D eigenvalue weighted by atomic mass is 19.2. The van der Waals surface area contributed by atoms with Gasteiger partial charge in [0.25, 0.3) is 0 Å².